The van der Waals surface area contributed by atoms with Crippen LogP contribution < -0.4 is 5.32 Å². The number of nitrogens with two attached hydrogens (primary N) is 1. The monoisotopic (exact) mass is 481 g/mol. The van der Waals surface area contributed by atoms with E-state index in [1.165, 1.54) is 77.0 Å². The molecule has 33 heavy (non-hydrogen) atoms. The third-order valence-corrected chi connectivity index (χ3v) is 7.72. The molecule has 0 aliphatic carbocycles. The zero-order valence-corrected chi connectivity index (χ0v) is 22.3. The summed E-state index contributed by atoms with van der Waals surface area (Å²) in [4.78, 5) is 0. The molecule has 2 N–H and O–H groups in total. The van der Waals surface area contributed by atoms with E-state index in [2.05, 4.69) is 19.2 Å². The van der Waals surface area contributed by atoms with E-state index >= 15 is 0 Å². The van der Waals surface area contributed by atoms with Crippen molar-refractivity contribution in [3.63, 3.8) is 0 Å². The fourth-order valence-corrected chi connectivity index (χ4v) is 6.01. The molecule has 0 spiro atoms. The number of hydrogen-bond acceptors (Lipinski definition) is 3. The number of quaternary nitrogens is 1. The second-order valence-corrected chi connectivity index (χ2v) is 11.5. The van der Waals surface area contributed by atoms with Gasteiger partial charge in [0.25, 0.3) is 0 Å². The van der Waals surface area contributed by atoms with Crippen LogP contribution >= 0.6 is 0 Å². The molecule has 5 heteroatoms. The average Bonchev–Trinajstić information content (AvgIpc) is 2.77. The lowest BCUT2D eigenvalue weighted by Crippen LogP contribution is -2.93. The molecule has 1 aromatic rings. The minimum Gasteiger partial charge on any atom is -0.748 e. The highest BCUT2D eigenvalue weighted by Crippen LogP contribution is 2.24. The lowest BCUT2D eigenvalue weighted by molar-refractivity contribution is -0.651. The van der Waals surface area contributed by atoms with Gasteiger partial charge in [-0.05, 0) is 25.0 Å². The predicted molar refractivity (Wildman–Crippen MR) is 140 cm³/mol. The molecular formula is C28H51NO3S. The molecule has 0 amide bonds. The fraction of sp³-hybridized carbons (Fsp3) is 0.786. The average molecular weight is 482 g/mol. The third kappa shape index (κ3) is 16.4. The molecule has 0 saturated heterocycles. The number of benzene rings is 1. The Morgan fingerprint density at radius 3 is 1.45 bits per heavy atom. The molecule has 0 bridgehead atoms. The molecular weight excluding hydrogens is 430 g/mol. The molecule has 0 saturated carbocycles. The van der Waals surface area contributed by atoms with Gasteiger partial charge in [-0.15, -0.1) is 0 Å². The Morgan fingerprint density at radius 2 is 1.06 bits per heavy atom. The summed E-state index contributed by atoms with van der Waals surface area (Å²) < 4.78 is 35.8. The molecule has 0 aromatic heterocycles. The SMILES string of the molecule is CCCCCCCCCCC(CCCCCCCCCC)(CS(=O)(=O)[O-])[NH2+]c1ccccc1. The first-order valence-corrected chi connectivity index (χ1v) is 15.3. The number of para-hydroxylation sites is 1. The van der Waals surface area contributed by atoms with Crippen molar-refractivity contribution < 1.29 is 18.3 Å². The van der Waals surface area contributed by atoms with Crippen LogP contribution in [0.5, 0.6) is 0 Å². The zero-order chi connectivity index (χ0) is 24.3. The topological polar surface area (TPSA) is 73.8 Å². The van der Waals surface area contributed by atoms with Gasteiger partial charge in [-0.25, -0.2) is 8.42 Å². The van der Waals surface area contributed by atoms with E-state index in [1.54, 1.807) is 0 Å². The van der Waals surface area contributed by atoms with E-state index in [1.807, 2.05) is 30.3 Å². The van der Waals surface area contributed by atoms with Crippen LogP contribution in [-0.4, -0.2) is 24.3 Å². The Kier molecular flexibility index (Phi) is 16.8. The Balaban J connectivity index is 2.67. The van der Waals surface area contributed by atoms with Gasteiger partial charge in [0, 0.05) is 12.8 Å². The first-order chi connectivity index (χ1) is 15.9. The summed E-state index contributed by atoms with van der Waals surface area (Å²) >= 11 is 0. The van der Waals surface area contributed by atoms with Crippen molar-refractivity contribution in [1.82, 2.24) is 0 Å². The molecule has 0 unspecified atom stereocenters. The number of unbranched alkanes of at least 4 members (excludes halogenated alkanes) is 14. The Morgan fingerprint density at radius 1 is 0.667 bits per heavy atom. The second kappa shape index (κ2) is 18.4. The Hall–Kier alpha value is -0.910. The van der Waals surface area contributed by atoms with Crippen molar-refractivity contribution in [2.75, 3.05) is 5.75 Å². The van der Waals surface area contributed by atoms with E-state index < -0.39 is 15.7 Å². The molecule has 0 radical (unpaired) electrons. The zero-order valence-electron chi connectivity index (χ0n) is 21.5. The molecule has 1 aromatic carbocycles. The van der Waals surface area contributed by atoms with E-state index in [4.69, 9.17) is 0 Å². The molecule has 4 nitrogen and oxygen atoms in total. The van der Waals surface area contributed by atoms with Crippen molar-refractivity contribution in [3.05, 3.63) is 30.3 Å². The van der Waals surface area contributed by atoms with Crippen LogP contribution in [-0.2, 0) is 10.1 Å². The molecule has 0 heterocycles. The molecule has 0 fully saturated rings. The van der Waals surface area contributed by atoms with Crippen LogP contribution in [0.15, 0.2) is 30.3 Å². The standard InChI is InChI=1S/C28H51NO3S/c1-3-5-7-9-11-13-15-20-24-28(26-33(30,31)32,29-27-22-18-17-19-23-27)25-21-16-14-12-10-8-6-4-2/h17-19,22-23,29H,3-16,20-21,24-26H2,1-2H3,(H,30,31,32). The highest BCUT2D eigenvalue weighted by atomic mass is 32.2. The quantitative estimate of drug-likeness (QED) is 0.108. The van der Waals surface area contributed by atoms with Crippen molar-refractivity contribution in [2.24, 2.45) is 0 Å². The van der Waals surface area contributed by atoms with Crippen molar-refractivity contribution >= 4 is 15.8 Å². The maximum atomic E-state index is 11.9. The second-order valence-electron chi connectivity index (χ2n) is 10.1. The predicted octanol–water partition coefficient (Wildman–Crippen LogP) is 7.23. The van der Waals surface area contributed by atoms with E-state index in [-0.39, 0.29) is 5.75 Å². The number of rotatable bonds is 22. The minimum atomic E-state index is -4.30. The van der Waals surface area contributed by atoms with Gasteiger partial charge in [0.15, 0.2) is 0 Å². The van der Waals surface area contributed by atoms with Crippen LogP contribution in [0.2, 0.25) is 0 Å². The van der Waals surface area contributed by atoms with Crippen LogP contribution in [0.25, 0.3) is 0 Å². The van der Waals surface area contributed by atoms with Gasteiger partial charge in [0.05, 0.1) is 5.75 Å². The van der Waals surface area contributed by atoms with Crippen molar-refractivity contribution in [1.29, 1.82) is 0 Å². The van der Waals surface area contributed by atoms with E-state index in [0.29, 0.717) is 0 Å². The van der Waals surface area contributed by atoms with Crippen molar-refractivity contribution in [3.8, 4) is 0 Å². The van der Waals surface area contributed by atoms with Gasteiger partial charge >= 0.3 is 0 Å². The largest absolute Gasteiger partial charge is 0.748 e. The Bertz CT molecular complexity index is 656. The third-order valence-electron chi connectivity index (χ3n) is 6.79. The first-order valence-electron chi connectivity index (χ1n) is 13.8. The maximum absolute atomic E-state index is 11.9. The van der Waals surface area contributed by atoms with Crippen LogP contribution in [0.4, 0.5) is 5.69 Å². The van der Waals surface area contributed by atoms with Gasteiger partial charge < -0.3 is 9.87 Å². The summed E-state index contributed by atoms with van der Waals surface area (Å²) in [5.74, 6) is -0.276. The van der Waals surface area contributed by atoms with Gasteiger partial charge in [-0.2, -0.15) is 0 Å². The number of hydrogen-bond donors (Lipinski definition) is 1. The molecule has 0 atom stereocenters. The van der Waals surface area contributed by atoms with E-state index in [0.717, 1.165) is 44.2 Å². The highest BCUT2D eigenvalue weighted by Gasteiger charge is 2.36. The summed E-state index contributed by atoms with van der Waals surface area (Å²) in [6.07, 6.45) is 21.1. The normalized spacial score (nSPS) is 12.3. The molecule has 0 aliphatic heterocycles. The highest BCUT2D eigenvalue weighted by molar-refractivity contribution is 7.85. The maximum Gasteiger partial charge on any atom is 0.130 e. The van der Waals surface area contributed by atoms with Gasteiger partial charge in [0.1, 0.15) is 21.3 Å². The van der Waals surface area contributed by atoms with Crippen molar-refractivity contribution in [2.45, 2.75) is 135 Å². The van der Waals surface area contributed by atoms with Crippen LogP contribution in [0.1, 0.15) is 129 Å². The fourth-order valence-electron chi connectivity index (χ4n) is 4.93. The smallest absolute Gasteiger partial charge is 0.130 e. The summed E-state index contributed by atoms with van der Waals surface area (Å²) in [7, 11) is -4.30. The molecule has 0 aliphatic rings. The van der Waals surface area contributed by atoms with Gasteiger partial charge in [0.2, 0.25) is 0 Å². The summed E-state index contributed by atoms with van der Waals surface area (Å²) in [6, 6.07) is 9.98. The van der Waals surface area contributed by atoms with Gasteiger partial charge in [-0.1, -0.05) is 122 Å². The lowest BCUT2D eigenvalue weighted by Gasteiger charge is -2.33. The van der Waals surface area contributed by atoms with Crippen LogP contribution in [0, 0.1) is 0 Å². The summed E-state index contributed by atoms with van der Waals surface area (Å²) in [5.41, 5.74) is 0.479. The Labute approximate surface area is 205 Å². The summed E-state index contributed by atoms with van der Waals surface area (Å²) in [5, 5.41) is 2.10. The van der Waals surface area contributed by atoms with E-state index in [9.17, 15) is 13.0 Å². The van der Waals surface area contributed by atoms with Crippen LogP contribution in [0.3, 0.4) is 0 Å². The lowest BCUT2D eigenvalue weighted by atomic mass is 9.87. The molecule has 1 rings (SSSR count). The first kappa shape index (κ1) is 30.1. The minimum absolute atomic E-state index is 0.276. The van der Waals surface area contributed by atoms with Gasteiger partial charge in [-0.3, -0.25) is 0 Å². The molecule has 192 valence electrons. The summed E-state index contributed by atoms with van der Waals surface area (Å²) in [6.45, 7) is 4.47.